The lowest BCUT2D eigenvalue weighted by Crippen LogP contribution is -2.39. The topological polar surface area (TPSA) is 91.6 Å². The predicted octanol–water partition coefficient (Wildman–Crippen LogP) is 1.66. The van der Waals surface area contributed by atoms with E-state index >= 15 is 0 Å². The van der Waals surface area contributed by atoms with Gasteiger partial charge in [-0.2, -0.15) is 5.10 Å². The third-order valence-corrected chi connectivity index (χ3v) is 6.41. The van der Waals surface area contributed by atoms with Crippen LogP contribution in [0.15, 0.2) is 47.7 Å². The molecule has 0 saturated carbocycles. The van der Waals surface area contributed by atoms with Crippen molar-refractivity contribution in [2.45, 2.75) is 33.4 Å². The van der Waals surface area contributed by atoms with E-state index in [4.69, 9.17) is 0 Å². The van der Waals surface area contributed by atoms with Crippen molar-refractivity contribution in [2.24, 2.45) is 4.99 Å². The van der Waals surface area contributed by atoms with Crippen LogP contribution in [0.3, 0.4) is 0 Å². The molecule has 0 aliphatic heterocycles. The number of aromatic nitrogens is 2. The molecule has 1 aromatic carbocycles. The first kappa shape index (κ1) is 22.9. The first-order valence-corrected chi connectivity index (χ1v) is 11.6. The maximum atomic E-state index is 11.8. The predicted molar refractivity (Wildman–Crippen MR) is 117 cm³/mol. The van der Waals surface area contributed by atoms with Crippen molar-refractivity contribution in [3.05, 3.63) is 53.9 Å². The average Bonchev–Trinajstić information content (AvgIpc) is 3.23. The molecule has 2 aromatic rings. The summed E-state index contributed by atoms with van der Waals surface area (Å²) in [6.07, 6.45) is 4.43. The Morgan fingerprint density at radius 2 is 1.93 bits per heavy atom. The summed E-state index contributed by atoms with van der Waals surface area (Å²) in [5.41, 5.74) is 2.33. The van der Waals surface area contributed by atoms with Crippen LogP contribution in [-0.4, -0.2) is 60.9 Å². The summed E-state index contributed by atoms with van der Waals surface area (Å²) < 4.78 is 26.9. The molecule has 0 spiro atoms. The zero-order valence-electron chi connectivity index (χ0n) is 17.5. The van der Waals surface area contributed by atoms with Crippen molar-refractivity contribution in [3.8, 4) is 0 Å². The highest BCUT2D eigenvalue weighted by molar-refractivity contribution is 7.89. The highest BCUT2D eigenvalue weighted by Crippen LogP contribution is 2.11. The number of rotatable bonds is 11. The Morgan fingerprint density at radius 3 is 2.59 bits per heavy atom. The van der Waals surface area contributed by atoms with Crippen LogP contribution in [0.4, 0.5) is 0 Å². The van der Waals surface area contributed by atoms with Crippen LogP contribution in [0.2, 0.25) is 0 Å². The minimum atomic E-state index is -3.13. The lowest BCUT2D eigenvalue weighted by molar-refractivity contribution is 0.461. The van der Waals surface area contributed by atoms with E-state index in [1.807, 2.05) is 36.0 Å². The van der Waals surface area contributed by atoms with Gasteiger partial charge in [0.05, 0.1) is 18.8 Å². The molecule has 29 heavy (non-hydrogen) atoms. The number of hydrogen-bond donors (Lipinski definition) is 2. The monoisotopic (exact) mass is 420 g/mol. The lowest BCUT2D eigenvalue weighted by Gasteiger charge is -2.17. The molecule has 8 nitrogen and oxygen atoms in total. The molecule has 0 fully saturated rings. The van der Waals surface area contributed by atoms with Gasteiger partial charge in [-0.3, -0.25) is 4.68 Å². The summed E-state index contributed by atoms with van der Waals surface area (Å²) in [4.78, 5) is 4.69. The molecule has 1 heterocycles. The standard InChI is InChI=1S/C20H32N6O2S/c1-4-21-20(22-12-8-14-25(3)29(27,28)5-2)23-16-18-10-6-7-11-19(18)17-26-15-9-13-24-26/h6-7,9-11,13,15H,4-5,8,12,14,16-17H2,1-3H3,(H2,21,22,23). The zero-order valence-corrected chi connectivity index (χ0v) is 18.3. The molecule has 0 saturated heterocycles. The number of sulfonamides is 1. The summed E-state index contributed by atoms with van der Waals surface area (Å²) in [5, 5.41) is 10.8. The smallest absolute Gasteiger partial charge is 0.213 e. The van der Waals surface area contributed by atoms with Gasteiger partial charge in [-0.05, 0) is 37.5 Å². The third-order valence-electron chi connectivity index (χ3n) is 4.54. The van der Waals surface area contributed by atoms with E-state index in [9.17, 15) is 8.42 Å². The Hall–Kier alpha value is -2.39. The fraction of sp³-hybridized carbons (Fsp3) is 0.500. The van der Waals surface area contributed by atoms with Crippen molar-refractivity contribution in [1.82, 2.24) is 24.7 Å². The third kappa shape index (κ3) is 7.51. The minimum absolute atomic E-state index is 0.124. The van der Waals surface area contributed by atoms with Gasteiger partial charge >= 0.3 is 0 Å². The normalized spacial score (nSPS) is 12.3. The Labute approximate surface area is 174 Å². The second-order valence-corrected chi connectivity index (χ2v) is 9.03. The summed E-state index contributed by atoms with van der Waals surface area (Å²) in [5.74, 6) is 0.848. The van der Waals surface area contributed by atoms with Gasteiger partial charge in [0.25, 0.3) is 0 Å². The van der Waals surface area contributed by atoms with E-state index in [2.05, 4.69) is 32.9 Å². The molecule has 0 aliphatic rings. The molecule has 0 radical (unpaired) electrons. The van der Waals surface area contributed by atoms with Gasteiger partial charge in [-0.15, -0.1) is 0 Å². The maximum absolute atomic E-state index is 11.8. The molecular weight excluding hydrogens is 388 g/mol. The van der Waals surface area contributed by atoms with Gasteiger partial charge in [0.2, 0.25) is 10.0 Å². The Kier molecular flexibility index (Phi) is 9.14. The second kappa shape index (κ2) is 11.6. The highest BCUT2D eigenvalue weighted by atomic mass is 32.2. The number of nitrogens with one attached hydrogen (secondary N) is 2. The van der Waals surface area contributed by atoms with Gasteiger partial charge < -0.3 is 10.6 Å². The second-order valence-electron chi connectivity index (χ2n) is 6.67. The van der Waals surface area contributed by atoms with Gasteiger partial charge in [-0.25, -0.2) is 17.7 Å². The quantitative estimate of drug-likeness (QED) is 0.328. The van der Waals surface area contributed by atoms with Gasteiger partial charge in [-0.1, -0.05) is 24.3 Å². The van der Waals surface area contributed by atoms with E-state index in [0.717, 1.165) is 18.1 Å². The molecule has 2 N–H and O–H groups in total. The van der Waals surface area contributed by atoms with Gasteiger partial charge in [0, 0.05) is 39.1 Å². The first-order valence-electron chi connectivity index (χ1n) is 9.96. The van der Waals surface area contributed by atoms with Crippen molar-refractivity contribution < 1.29 is 8.42 Å². The lowest BCUT2D eigenvalue weighted by atomic mass is 10.1. The molecule has 0 unspecified atom stereocenters. The number of guanidine groups is 1. The van der Waals surface area contributed by atoms with E-state index in [0.29, 0.717) is 32.6 Å². The summed E-state index contributed by atoms with van der Waals surface area (Å²) in [6.45, 7) is 6.82. The molecular formula is C20H32N6O2S. The van der Waals surface area contributed by atoms with Gasteiger partial charge in [0.15, 0.2) is 5.96 Å². The van der Waals surface area contributed by atoms with Crippen molar-refractivity contribution in [2.75, 3.05) is 32.4 Å². The fourth-order valence-corrected chi connectivity index (χ4v) is 3.66. The SMILES string of the molecule is CCNC(=NCc1ccccc1Cn1cccn1)NCCCN(C)S(=O)(=O)CC. The Bertz CT molecular complexity index is 865. The number of aliphatic imine (C=N–C) groups is 1. The minimum Gasteiger partial charge on any atom is -0.357 e. The summed E-state index contributed by atoms with van der Waals surface area (Å²) in [6, 6.07) is 10.1. The van der Waals surface area contributed by atoms with Crippen LogP contribution in [0.25, 0.3) is 0 Å². The van der Waals surface area contributed by atoms with Crippen LogP contribution in [-0.2, 0) is 23.1 Å². The molecule has 9 heteroatoms. The van der Waals surface area contributed by atoms with Crippen LogP contribution in [0, 0.1) is 0 Å². The fourth-order valence-electron chi connectivity index (χ4n) is 2.81. The summed E-state index contributed by atoms with van der Waals surface area (Å²) >= 11 is 0. The highest BCUT2D eigenvalue weighted by Gasteiger charge is 2.14. The molecule has 0 aliphatic carbocycles. The number of benzene rings is 1. The van der Waals surface area contributed by atoms with Crippen molar-refractivity contribution in [1.29, 1.82) is 0 Å². The molecule has 1 aromatic heterocycles. The number of nitrogens with zero attached hydrogens (tertiary/aromatic N) is 4. The van der Waals surface area contributed by atoms with Crippen LogP contribution >= 0.6 is 0 Å². The Morgan fingerprint density at radius 1 is 1.17 bits per heavy atom. The zero-order chi connectivity index (χ0) is 21.1. The van der Waals surface area contributed by atoms with Crippen molar-refractivity contribution in [3.63, 3.8) is 0 Å². The average molecular weight is 421 g/mol. The Balaban J connectivity index is 1.92. The first-order chi connectivity index (χ1) is 14.0. The maximum Gasteiger partial charge on any atom is 0.213 e. The largest absolute Gasteiger partial charge is 0.357 e. The van der Waals surface area contributed by atoms with Crippen LogP contribution in [0.1, 0.15) is 31.4 Å². The number of hydrogen-bond acceptors (Lipinski definition) is 4. The van der Waals surface area contributed by atoms with Crippen LogP contribution < -0.4 is 10.6 Å². The summed E-state index contributed by atoms with van der Waals surface area (Å²) in [7, 11) is -1.51. The molecule has 0 amide bonds. The molecule has 2 rings (SSSR count). The van der Waals surface area contributed by atoms with Crippen LogP contribution in [0.5, 0.6) is 0 Å². The van der Waals surface area contributed by atoms with Gasteiger partial charge in [0.1, 0.15) is 0 Å². The van der Waals surface area contributed by atoms with E-state index in [1.165, 1.54) is 9.87 Å². The van der Waals surface area contributed by atoms with E-state index in [-0.39, 0.29) is 5.75 Å². The molecule has 160 valence electrons. The van der Waals surface area contributed by atoms with Crippen molar-refractivity contribution >= 4 is 16.0 Å². The molecule has 0 bridgehead atoms. The molecule has 0 atom stereocenters. The van der Waals surface area contributed by atoms with E-state index < -0.39 is 10.0 Å². The van der Waals surface area contributed by atoms with E-state index in [1.54, 1.807) is 20.2 Å².